The lowest BCUT2D eigenvalue weighted by Gasteiger charge is -2.40. The summed E-state index contributed by atoms with van der Waals surface area (Å²) in [6.45, 7) is 11.6. The van der Waals surface area contributed by atoms with Crippen LogP contribution < -0.4 is 4.72 Å². The Morgan fingerprint density at radius 3 is 2.00 bits per heavy atom. The number of halogens is 3. The molecule has 0 aliphatic carbocycles. The molecule has 0 heterocycles. The van der Waals surface area contributed by atoms with Crippen LogP contribution in [0.2, 0.25) is 0 Å². The van der Waals surface area contributed by atoms with Crippen LogP contribution in [0.5, 0.6) is 0 Å². The van der Waals surface area contributed by atoms with Gasteiger partial charge in [-0.2, -0.15) is 13.2 Å². The molecule has 0 amide bonds. The van der Waals surface area contributed by atoms with Crippen LogP contribution in [0.3, 0.4) is 0 Å². The minimum Gasteiger partial charge on any atom is -0.466 e. The Morgan fingerprint density at radius 2 is 1.68 bits per heavy atom. The van der Waals surface area contributed by atoms with Crippen molar-refractivity contribution in [3.8, 4) is 0 Å². The predicted octanol–water partition coefficient (Wildman–Crippen LogP) is 4.36. The third kappa shape index (κ3) is 6.89. The van der Waals surface area contributed by atoms with Crippen molar-refractivity contribution >= 4 is 17.0 Å². The lowest BCUT2D eigenvalue weighted by Crippen LogP contribution is -2.60. The molecule has 25 heavy (non-hydrogen) atoms. The molecule has 0 fully saturated rings. The Labute approximate surface area is 151 Å². The van der Waals surface area contributed by atoms with Gasteiger partial charge in [-0.05, 0) is 52.9 Å². The molecule has 0 aromatic rings. The summed E-state index contributed by atoms with van der Waals surface area (Å²) in [6.07, 6.45) is -4.35. The molecule has 0 aromatic carbocycles. The van der Waals surface area contributed by atoms with Gasteiger partial charge in [-0.25, -0.2) is 8.93 Å². The fourth-order valence-corrected chi connectivity index (χ4v) is 3.41. The summed E-state index contributed by atoms with van der Waals surface area (Å²) in [4.78, 5) is 12.6. The fraction of sp³-hybridized carbons (Fsp3) is 0.941. The molecule has 0 bridgehead atoms. The Bertz CT molecular complexity index is 461. The molecule has 0 spiro atoms. The highest BCUT2D eigenvalue weighted by Crippen LogP contribution is 2.43. The normalized spacial score (nSPS) is 17.9. The van der Waals surface area contributed by atoms with Crippen LogP contribution in [-0.4, -0.2) is 33.8 Å². The number of carbonyl (C=O) groups is 1. The summed E-state index contributed by atoms with van der Waals surface area (Å²) in [6, 6.07) is -2.23. The van der Waals surface area contributed by atoms with Gasteiger partial charge in [0, 0.05) is 0 Å². The fourth-order valence-electron chi connectivity index (χ4n) is 2.49. The lowest BCUT2D eigenvalue weighted by molar-refractivity contribution is -0.197. The van der Waals surface area contributed by atoms with Gasteiger partial charge in [-0.15, -0.1) is 0 Å². The molecular weight excluding hydrogens is 355 g/mol. The van der Waals surface area contributed by atoms with E-state index in [1.54, 1.807) is 27.7 Å². The molecule has 0 aliphatic heterocycles. The average Bonchev–Trinajstić information content (AvgIpc) is 2.44. The van der Waals surface area contributed by atoms with Gasteiger partial charge in [-0.1, -0.05) is 20.8 Å². The van der Waals surface area contributed by atoms with E-state index in [9.17, 15) is 22.2 Å². The predicted molar refractivity (Wildman–Crippen MR) is 94.3 cm³/mol. The van der Waals surface area contributed by atoms with E-state index >= 15 is 0 Å². The van der Waals surface area contributed by atoms with Crippen LogP contribution >= 0.6 is 0 Å². The van der Waals surface area contributed by atoms with Crippen molar-refractivity contribution in [3.05, 3.63) is 0 Å². The monoisotopic (exact) mass is 387 g/mol. The van der Waals surface area contributed by atoms with E-state index in [0.717, 1.165) is 0 Å². The maximum Gasteiger partial charge on any atom is 0.405 e. The number of hydrogen-bond donors (Lipinski definition) is 1. The minimum absolute atomic E-state index is 0.00476. The van der Waals surface area contributed by atoms with E-state index in [1.807, 2.05) is 13.8 Å². The van der Waals surface area contributed by atoms with Crippen molar-refractivity contribution in [1.82, 2.24) is 4.72 Å². The van der Waals surface area contributed by atoms with Gasteiger partial charge in [0.05, 0.1) is 27.8 Å². The first kappa shape index (κ1) is 24.4. The van der Waals surface area contributed by atoms with Gasteiger partial charge in [0.2, 0.25) is 0 Å². The van der Waals surface area contributed by atoms with E-state index < -0.39 is 39.3 Å². The van der Waals surface area contributed by atoms with Crippen LogP contribution in [-0.2, 0) is 20.5 Å². The highest BCUT2D eigenvalue weighted by Gasteiger charge is 2.58. The van der Waals surface area contributed by atoms with Gasteiger partial charge in [0.25, 0.3) is 0 Å². The van der Waals surface area contributed by atoms with Crippen molar-refractivity contribution in [2.45, 2.75) is 84.7 Å². The second-order valence-electron chi connectivity index (χ2n) is 7.64. The maximum atomic E-state index is 13.9. The van der Waals surface area contributed by atoms with E-state index in [4.69, 9.17) is 4.74 Å². The first-order chi connectivity index (χ1) is 11.2. The van der Waals surface area contributed by atoms with Gasteiger partial charge in [0.1, 0.15) is 6.04 Å². The van der Waals surface area contributed by atoms with Crippen molar-refractivity contribution in [3.63, 3.8) is 0 Å². The number of hydrogen-bond acceptors (Lipinski definition) is 3. The van der Waals surface area contributed by atoms with Gasteiger partial charge >= 0.3 is 12.1 Å². The van der Waals surface area contributed by atoms with Crippen molar-refractivity contribution in [1.29, 1.82) is 0 Å². The van der Waals surface area contributed by atoms with Crippen molar-refractivity contribution in [2.24, 2.45) is 11.3 Å². The van der Waals surface area contributed by atoms with Crippen LogP contribution in [0.15, 0.2) is 0 Å². The van der Waals surface area contributed by atoms with E-state index in [-0.39, 0.29) is 25.4 Å². The molecule has 0 saturated heterocycles. The average molecular weight is 388 g/mol. The Kier molecular flexibility index (Phi) is 9.11. The number of ether oxygens (including phenoxy) is 1. The first-order valence-electron chi connectivity index (χ1n) is 8.64. The standard InChI is InChI=1S/C17H32F3NO3S/c1-8-16(11-10-12(3)4,14(22)24-9-2)13(17(18,19)20)21-25(23)15(5,6)7/h12-13,21H,8-11H2,1-7H3/t13-,16-,25-/m1/s1. The number of rotatable bonds is 9. The Hall–Kier alpha value is -0.630. The smallest absolute Gasteiger partial charge is 0.405 e. The molecule has 0 rings (SSSR count). The number of nitrogens with one attached hydrogen (secondary N) is 1. The molecule has 0 radical (unpaired) electrons. The summed E-state index contributed by atoms with van der Waals surface area (Å²) in [5, 5.41) is 0. The summed E-state index contributed by atoms with van der Waals surface area (Å²) >= 11 is 0. The third-order valence-electron chi connectivity index (χ3n) is 4.14. The molecule has 0 aromatic heterocycles. The molecule has 8 heteroatoms. The zero-order chi connectivity index (χ0) is 20.1. The van der Waals surface area contributed by atoms with Crippen molar-refractivity contribution in [2.75, 3.05) is 6.61 Å². The lowest BCUT2D eigenvalue weighted by atomic mass is 9.73. The Balaban J connectivity index is 6.05. The molecular formula is C17H32F3NO3S. The summed E-state index contributed by atoms with van der Waals surface area (Å²) in [5.74, 6) is -0.763. The number of esters is 1. The van der Waals surface area contributed by atoms with Crippen LogP contribution in [0.1, 0.15) is 67.7 Å². The summed E-state index contributed by atoms with van der Waals surface area (Å²) < 4.78 is 60.3. The molecule has 3 atom stereocenters. The molecule has 4 nitrogen and oxygen atoms in total. The molecule has 0 unspecified atom stereocenters. The van der Waals surface area contributed by atoms with E-state index in [2.05, 4.69) is 4.72 Å². The van der Waals surface area contributed by atoms with E-state index in [1.165, 1.54) is 6.92 Å². The van der Waals surface area contributed by atoms with Crippen LogP contribution in [0.4, 0.5) is 13.2 Å². The largest absolute Gasteiger partial charge is 0.466 e. The maximum absolute atomic E-state index is 13.9. The third-order valence-corrected chi connectivity index (χ3v) is 5.70. The minimum atomic E-state index is -4.74. The zero-order valence-corrected chi connectivity index (χ0v) is 17.1. The molecule has 0 aliphatic rings. The van der Waals surface area contributed by atoms with Crippen LogP contribution in [0.25, 0.3) is 0 Å². The SMILES string of the molecule is CCOC(=O)[C@](CC)(CCC(C)C)[C@@H](N[S@](=O)C(C)(C)C)C(F)(F)F. The van der Waals surface area contributed by atoms with Crippen LogP contribution in [0, 0.1) is 11.3 Å². The second-order valence-corrected chi connectivity index (χ2v) is 9.63. The van der Waals surface area contributed by atoms with Gasteiger partial charge in [-0.3, -0.25) is 4.79 Å². The second kappa shape index (κ2) is 9.35. The molecule has 0 saturated carbocycles. The summed E-state index contributed by atoms with van der Waals surface area (Å²) in [7, 11) is -1.97. The van der Waals surface area contributed by atoms with E-state index in [0.29, 0.717) is 6.42 Å². The van der Waals surface area contributed by atoms with Gasteiger partial charge < -0.3 is 4.74 Å². The first-order valence-corrected chi connectivity index (χ1v) is 9.79. The zero-order valence-electron chi connectivity index (χ0n) is 16.3. The number of carbonyl (C=O) groups excluding carboxylic acids is 1. The highest BCUT2D eigenvalue weighted by atomic mass is 32.2. The van der Waals surface area contributed by atoms with Gasteiger partial charge in [0.15, 0.2) is 0 Å². The van der Waals surface area contributed by atoms with Crippen molar-refractivity contribution < 1.29 is 26.9 Å². The quantitative estimate of drug-likeness (QED) is 0.598. The summed E-state index contributed by atoms with van der Waals surface area (Å²) in [5.41, 5.74) is -1.81. The Morgan fingerprint density at radius 1 is 1.16 bits per heavy atom. The molecule has 150 valence electrons. The highest BCUT2D eigenvalue weighted by molar-refractivity contribution is 7.84. The molecule has 1 N–H and O–H groups in total. The number of alkyl halides is 3. The topological polar surface area (TPSA) is 55.4 Å².